The number of benzene rings is 2. The van der Waals surface area contributed by atoms with Crippen LogP contribution >= 0.6 is 15.9 Å². The predicted molar refractivity (Wildman–Crippen MR) is 144 cm³/mol. The molecule has 9 heteroatoms. The molecule has 8 nitrogen and oxygen atoms in total. The lowest BCUT2D eigenvalue weighted by Crippen LogP contribution is -2.53. The maximum Gasteiger partial charge on any atom is 0.331 e. The zero-order chi connectivity index (χ0) is 26.8. The van der Waals surface area contributed by atoms with Crippen LogP contribution in [-0.4, -0.2) is 27.3 Å². The van der Waals surface area contributed by atoms with Gasteiger partial charge in [-0.2, -0.15) is 0 Å². The van der Waals surface area contributed by atoms with Crippen molar-refractivity contribution in [1.82, 2.24) is 14.8 Å². The molecular formula is C29H24BrN3O5. The Hall–Kier alpha value is -4.37. The van der Waals surface area contributed by atoms with E-state index in [2.05, 4.69) is 21.2 Å². The molecule has 0 atom stereocenters. The molecule has 1 aliphatic rings. The molecule has 0 aliphatic carbocycles. The van der Waals surface area contributed by atoms with Crippen molar-refractivity contribution in [1.29, 1.82) is 0 Å². The normalized spacial score (nSPS) is 14.8. The number of ether oxygens (including phenoxy) is 1. The van der Waals surface area contributed by atoms with Crippen molar-refractivity contribution in [2.75, 3.05) is 0 Å². The maximum absolute atomic E-state index is 13.1. The highest BCUT2D eigenvalue weighted by Gasteiger charge is 2.36. The van der Waals surface area contributed by atoms with Crippen LogP contribution in [0.15, 0.2) is 87.5 Å². The van der Waals surface area contributed by atoms with Crippen LogP contribution in [-0.2, 0) is 22.7 Å². The van der Waals surface area contributed by atoms with E-state index in [0.717, 1.165) is 37.8 Å². The number of hydrogen-bond donors (Lipinski definition) is 1. The molecular weight excluding hydrogens is 550 g/mol. The van der Waals surface area contributed by atoms with Gasteiger partial charge < -0.3 is 13.7 Å². The van der Waals surface area contributed by atoms with E-state index in [4.69, 9.17) is 9.15 Å². The van der Waals surface area contributed by atoms with Gasteiger partial charge in [0.25, 0.3) is 11.8 Å². The second-order valence-corrected chi connectivity index (χ2v) is 9.77. The summed E-state index contributed by atoms with van der Waals surface area (Å²) in [7, 11) is 0. The van der Waals surface area contributed by atoms with Crippen molar-refractivity contribution in [3.63, 3.8) is 0 Å². The first-order valence-corrected chi connectivity index (χ1v) is 12.7. The highest BCUT2D eigenvalue weighted by Crippen LogP contribution is 2.26. The number of barbiturate groups is 1. The van der Waals surface area contributed by atoms with E-state index in [1.165, 1.54) is 12.3 Å². The first-order chi connectivity index (χ1) is 18.3. The Labute approximate surface area is 227 Å². The van der Waals surface area contributed by atoms with Crippen molar-refractivity contribution < 1.29 is 23.5 Å². The highest BCUT2D eigenvalue weighted by atomic mass is 79.9. The summed E-state index contributed by atoms with van der Waals surface area (Å²) in [6.07, 6.45) is 2.98. The molecule has 0 radical (unpaired) electrons. The van der Waals surface area contributed by atoms with Crippen LogP contribution in [0.2, 0.25) is 0 Å². The lowest BCUT2D eigenvalue weighted by Gasteiger charge is -2.25. The SMILES string of the molecule is Cc1cc(/C=C2\C(=O)NC(=O)N(Cc3ccco3)C2=O)c(C)n1-c1ccc(OCc2ccc(Br)cc2)cc1. The number of furan rings is 1. The molecule has 0 saturated carbocycles. The standard InChI is InChI=1S/C29H24BrN3O5/c1-18-14-21(15-26-27(34)31-29(36)32(28(26)35)16-25-4-3-13-37-25)19(2)33(18)23-9-11-24(12-10-23)38-17-20-5-7-22(30)8-6-20/h3-15H,16-17H2,1-2H3,(H,31,34,36)/b26-15+. The van der Waals surface area contributed by atoms with E-state index in [1.807, 2.05) is 73.0 Å². The Bertz CT molecular complexity index is 1530. The molecule has 2 aromatic carbocycles. The number of rotatable bonds is 7. The minimum Gasteiger partial charge on any atom is -0.489 e. The maximum atomic E-state index is 13.1. The fourth-order valence-electron chi connectivity index (χ4n) is 4.32. The quantitative estimate of drug-likeness (QED) is 0.226. The Morgan fingerprint density at radius 2 is 1.74 bits per heavy atom. The summed E-state index contributed by atoms with van der Waals surface area (Å²) < 4.78 is 14.2. The zero-order valence-corrected chi connectivity index (χ0v) is 22.3. The molecule has 1 aliphatic heterocycles. The van der Waals surface area contributed by atoms with Gasteiger partial charge in [0.15, 0.2) is 0 Å². The van der Waals surface area contributed by atoms with Crippen LogP contribution in [0, 0.1) is 13.8 Å². The van der Waals surface area contributed by atoms with E-state index >= 15 is 0 Å². The molecule has 0 unspecified atom stereocenters. The van der Waals surface area contributed by atoms with Crippen LogP contribution in [0.25, 0.3) is 11.8 Å². The van der Waals surface area contributed by atoms with Gasteiger partial charge in [0.2, 0.25) is 0 Å². The summed E-state index contributed by atoms with van der Waals surface area (Å²) in [5.41, 5.74) is 4.32. The van der Waals surface area contributed by atoms with Gasteiger partial charge in [0.1, 0.15) is 23.7 Å². The summed E-state index contributed by atoms with van der Waals surface area (Å²) in [5.74, 6) is -0.225. The lowest BCUT2D eigenvalue weighted by molar-refractivity contribution is -0.130. The van der Waals surface area contributed by atoms with Crippen LogP contribution in [0.1, 0.15) is 28.3 Å². The third-order valence-corrected chi connectivity index (χ3v) is 6.79. The molecule has 1 saturated heterocycles. The van der Waals surface area contributed by atoms with Crippen molar-refractivity contribution in [3.05, 3.63) is 111 Å². The summed E-state index contributed by atoms with van der Waals surface area (Å²) >= 11 is 3.43. The fourth-order valence-corrected chi connectivity index (χ4v) is 4.59. The summed E-state index contributed by atoms with van der Waals surface area (Å²) in [6, 6.07) is 20.1. The fraction of sp³-hybridized carbons (Fsp3) is 0.138. The number of nitrogens with zero attached hydrogens (tertiary/aromatic N) is 2. The molecule has 3 heterocycles. The second-order valence-electron chi connectivity index (χ2n) is 8.86. The molecule has 0 bridgehead atoms. The number of imide groups is 2. The number of urea groups is 1. The summed E-state index contributed by atoms with van der Waals surface area (Å²) in [5, 5.41) is 2.24. The summed E-state index contributed by atoms with van der Waals surface area (Å²) in [6.45, 7) is 4.25. The Morgan fingerprint density at radius 3 is 2.42 bits per heavy atom. The van der Waals surface area contributed by atoms with Gasteiger partial charge in [0.05, 0.1) is 12.8 Å². The topological polar surface area (TPSA) is 93.8 Å². The zero-order valence-electron chi connectivity index (χ0n) is 20.7. The third kappa shape index (κ3) is 5.19. The average Bonchev–Trinajstić information content (AvgIpc) is 3.51. The molecule has 38 heavy (non-hydrogen) atoms. The molecule has 192 valence electrons. The van der Waals surface area contributed by atoms with Gasteiger partial charge in [-0.3, -0.25) is 19.8 Å². The van der Waals surface area contributed by atoms with Crippen LogP contribution < -0.4 is 10.1 Å². The van der Waals surface area contributed by atoms with E-state index < -0.39 is 17.8 Å². The molecule has 4 aromatic rings. The predicted octanol–water partition coefficient (Wildman–Crippen LogP) is 5.69. The number of halogens is 1. The van der Waals surface area contributed by atoms with Crippen molar-refractivity contribution in [3.8, 4) is 11.4 Å². The number of amides is 4. The first-order valence-electron chi connectivity index (χ1n) is 11.9. The van der Waals surface area contributed by atoms with Crippen LogP contribution in [0.3, 0.4) is 0 Å². The molecule has 4 amide bonds. The number of aryl methyl sites for hydroxylation is 1. The number of nitrogens with one attached hydrogen (secondary N) is 1. The second kappa shape index (κ2) is 10.5. The molecule has 1 N–H and O–H groups in total. The third-order valence-electron chi connectivity index (χ3n) is 6.26. The van der Waals surface area contributed by atoms with E-state index in [1.54, 1.807) is 12.1 Å². The Kier molecular flexibility index (Phi) is 7.02. The monoisotopic (exact) mass is 573 g/mol. The van der Waals surface area contributed by atoms with E-state index in [9.17, 15) is 14.4 Å². The number of hydrogen-bond acceptors (Lipinski definition) is 5. The smallest absolute Gasteiger partial charge is 0.331 e. The van der Waals surface area contributed by atoms with Crippen molar-refractivity contribution in [2.45, 2.75) is 27.0 Å². The van der Waals surface area contributed by atoms with Gasteiger partial charge in [0, 0.05) is 21.5 Å². The highest BCUT2D eigenvalue weighted by molar-refractivity contribution is 9.10. The minimum atomic E-state index is -0.776. The van der Waals surface area contributed by atoms with Gasteiger partial charge >= 0.3 is 6.03 Å². The van der Waals surface area contributed by atoms with Crippen LogP contribution in [0.5, 0.6) is 5.75 Å². The lowest BCUT2D eigenvalue weighted by atomic mass is 10.1. The minimum absolute atomic E-state index is 0.0719. The van der Waals surface area contributed by atoms with Gasteiger partial charge in [-0.05, 0) is 85.6 Å². The summed E-state index contributed by atoms with van der Waals surface area (Å²) in [4.78, 5) is 38.9. The molecule has 2 aromatic heterocycles. The van der Waals surface area contributed by atoms with Gasteiger partial charge in [-0.25, -0.2) is 4.79 Å². The van der Waals surface area contributed by atoms with Gasteiger partial charge in [-0.1, -0.05) is 28.1 Å². The first kappa shape index (κ1) is 25.3. The number of carbonyl (C=O) groups excluding carboxylic acids is 3. The molecule has 0 spiro atoms. The average molecular weight is 574 g/mol. The number of aromatic nitrogens is 1. The molecule has 5 rings (SSSR count). The Balaban J connectivity index is 1.36. The van der Waals surface area contributed by atoms with Crippen molar-refractivity contribution >= 4 is 39.9 Å². The van der Waals surface area contributed by atoms with E-state index in [-0.39, 0.29) is 12.1 Å². The Morgan fingerprint density at radius 1 is 1.00 bits per heavy atom. The molecule has 1 fully saturated rings. The van der Waals surface area contributed by atoms with E-state index in [0.29, 0.717) is 17.9 Å². The van der Waals surface area contributed by atoms with Crippen LogP contribution in [0.4, 0.5) is 4.79 Å². The largest absolute Gasteiger partial charge is 0.489 e. The van der Waals surface area contributed by atoms with Crippen molar-refractivity contribution in [2.24, 2.45) is 0 Å². The number of carbonyl (C=O) groups is 3. The van der Waals surface area contributed by atoms with Gasteiger partial charge in [-0.15, -0.1) is 0 Å².